The number of aryl methyl sites for hydroxylation is 1. The lowest BCUT2D eigenvalue weighted by Gasteiger charge is -2.20. The summed E-state index contributed by atoms with van der Waals surface area (Å²) in [7, 11) is 1.95. The maximum atomic E-state index is 5.71. The number of hydrogen-bond acceptors (Lipinski definition) is 3. The van der Waals surface area contributed by atoms with Crippen LogP contribution >= 0.6 is 0 Å². The summed E-state index contributed by atoms with van der Waals surface area (Å²) in [6.45, 7) is 4.74. The minimum atomic E-state index is 0.0453. The van der Waals surface area contributed by atoms with Crippen LogP contribution in [0.3, 0.4) is 0 Å². The number of nitrogens with zero attached hydrogens (tertiary/aromatic N) is 1. The van der Waals surface area contributed by atoms with Gasteiger partial charge >= 0.3 is 0 Å². The molecule has 0 radical (unpaired) electrons. The Morgan fingerprint density at radius 3 is 2.68 bits per heavy atom. The molecule has 3 heteroatoms. The van der Waals surface area contributed by atoms with E-state index in [0.29, 0.717) is 6.61 Å². The van der Waals surface area contributed by atoms with Gasteiger partial charge in [-0.15, -0.1) is 0 Å². The van der Waals surface area contributed by atoms with Gasteiger partial charge in [0.05, 0.1) is 18.3 Å². The molecule has 2 rings (SSSR count). The lowest BCUT2D eigenvalue weighted by Crippen LogP contribution is -2.20. The maximum Gasteiger partial charge on any atom is 0.124 e. The SMILES string of the molecule is CCOc1ccccc1C(NC)c1ncccc1C. The second-order valence-corrected chi connectivity index (χ2v) is 4.40. The fourth-order valence-electron chi connectivity index (χ4n) is 2.25. The second kappa shape index (κ2) is 6.34. The Bertz CT molecular complexity index is 540. The molecule has 100 valence electrons. The van der Waals surface area contributed by atoms with Crippen molar-refractivity contribution in [3.63, 3.8) is 0 Å². The van der Waals surface area contributed by atoms with Crippen LogP contribution in [0.4, 0.5) is 0 Å². The quantitative estimate of drug-likeness (QED) is 0.892. The van der Waals surface area contributed by atoms with Crippen LogP contribution in [0.1, 0.15) is 29.8 Å². The van der Waals surface area contributed by atoms with Crippen LogP contribution in [-0.4, -0.2) is 18.6 Å². The van der Waals surface area contributed by atoms with Crippen LogP contribution in [0.15, 0.2) is 42.6 Å². The van der Waals surface area contributed by atoms with Crippen LogP contribution in [0.25, 0.3) is 0 Å². The summed E-state index contributed by atoms with van der Waals surface area (Å²) in [5.74, 6) is 0.911. The first kappa shape index (κ1) is 13.6. The Morgan fingerprint density at radius 2 is 2.00 bits per heavy atom. The number of benzene rings is 1. The third kappa shape index (κ3) is 2.93. The summed E-state index contributed by atoms with van der Waals surface area (Å²) in [5, 5.41) is 3.33. The van der Waals surface area contributed by atoms with E-state index >= 15 is 0 Å². The monoisotopic (exact) mass is 256 g/mol. The van der Waals surface area contributed by atoms with Crippen LogP contribution in [0.5, 0.6) is 5.75 Å². The zero-order valence-electron chi connectivity index (χ0n) is 11.7. The molecule has 0 amide bonds. The van der Waals surface area contributed by atoms with Crippen molar-refractivity contribution in [2.75, 3.05) is 13.7 Å². The van der Waals surface area contributed by atoms with E-state index in [2.05, 4.69) is 29.4 Å². The first-order valence-corrected chi connectivity index (χ1v) is 6.58. The molecule has 1 heterocycles. The van der Waals surface area contributed by atoms with Crippen molar-refractivity contribution in [2.24, 2.45) is 0 Å². The zero-order chi connectivity index (χ0) is 13.7. The summed E-state index contributed by atoms with van der Waals surface area (Å²) in [4.78, 5) is 4.51. The average molecular weight is 256 g/mol. The summed E-state index contributed by atoms with van der Waals surface area (Å²) in [5.41, 5.74) is 3.33. The molecule has 0 bridgehead atoms. The van der Waals surface area contributed by atoms with E-state index in [4.69, 9.17) is 4.74 Å². The van der Waals surface area contributed by atoms with Crippen molar-refractivity contribution in [2.45, 2.75) is 19.9 Å². The Balaban J connectivity index is 2.45. The molecule has 1 aromatic heterocycles. The van der Waals surface area contributed by atoms with E-state index < -0.39 is 0 Å². The molecule has 0 aliphatic carbocycles. The van der Waals surface area contributed by atoms with E-state index in [1.807, 2.05) is 44.4 Å². The van der Waals surface area contributed by atoms with Crippen LogP contribution in [0.2, 0.25) is 0 Å². The molecular formula is C16H20N2O. The van der Waals surface area contributed by atoms with Crippen LogP contribution in [-0.2, 0) is 0 Å². The number of hydrogen-bond donors (Lipinski definition) is 1. The predicted molar refractivity (Wildman–Crippen MR) is 77.5 cm³/mol. The predicted octanol–water partition coefficient (Wildman–Crippen LogP) is 3.10. The molecule has 0 saturated carbocycles. The van der Waals surface area contributed by atoms with Gasteiger partial charge in [0.1, 0.15) is 5.75 Å². The minimum absolute atomic E-state index is 0.0453. The fraction of sp³-hybridized carbons (Fsp3) is 0.312. The molecule has 1 N–H and O–H groups in total. The van der Waals surface area contributed by atoms with E-state index in [0.717, 1.165) is 17.0 Å². The van der Waals surface area contributed by atoms with Crippen LogP contribution < -0.4 is 10.1 Å². The molecular weight excluding hydrogens is 236 g/mol. The number of ether oxygens (including phenoxy) is 1. The average Bonchev–Trinajstić information content (AvgIpc) is 2.44. The van der Waals surface area contributed by atoms with Gasteiger partial charge in [0, 0.05) is 11.8 Å². The van der Waals surface area contributed by atoms with Gasteiger partial charge in [-0.3, -0.25) is 4.98 Å². The lowest BCUT2D eigenvalue weighted by atomic mass is 9.99. The summed E-state index contributed by atoms with van der Waals surface area (Å²) < 4.78 is 5.71. The smallest absolute Gasteiger partial charge is 0.124 e. The molecule has 0 aliphatic rings. The van der Waals surface area contributed by atoms with Gasteiger partial charge in [0.25, 0.3) is 0 Å². The maximum absolute atomic E-state index is 5.71. The number of pyridine rings is 1. The molecule has 1 aromatic carbocycles. The number of nitrogens with one attached hydrogen (secondary N) is 1. The van der Waals surface area contributed by atoms with Gasteiger partial charge in [-0.25, -0.2) is 0 Å². The molecule has 1 atom stereocenters. The Labute approximate surface area is 114 Å². The number of para-hydroxylation sites is 1. The van der Waals surface area contributed by atoms with Crippen LogP contribution in [0, 0.1) is 6.92 Å². The first-order chi connectivity index (χ1) is 9.27. The highest BCUT2D eigenvalue weighted by molar-refractivity contribution is 5.41. The summed E-state index contributed by atoms with van der Waals surface area (Å²) in [6.07, 6.45) is 1.83. The van der Waals surface area contributed by atoms with Crippen molar-refractivity contribution < 1.29 is 4.74 Å². The third-order valence-corrected chi connectivity index (χ3v) is 3.14. The third-order valence-electron chi connectivity index (χ3n) is 3.14. The number of aromatic nitrogens is 1. The minimum Gasteiger partial charge on any atom is -0.494 e. The van der Waals surface area contributed by atoms with E-state index in [9.17, 15) is 0 Å². The normalized spacial score (nSPS) is 12.2. The Kier molecular flexibility index (Phi) is 4.53. The molecule has 19 heavy (non-hydrogen) atoms. The lowest BCUT2D eigenvalue weighted by molar-refractivity contribution is 0.334. The zero-order valence-corrected chi connectivity index (χ0v) is 11.7. The van der Waals surface area contributed by atoms with Crippen molar-refractivity contribution in [1.82, 2.24) is 10.3 Å². The van der Waals surface area contributed by atoms with Crippen molar-refractivity contribution in [3.05, 3.63) is 59.4 Å². The van der Waals surface area contributed by atoms with Crippen molar-refractivity contribution in [3.8, 4) is 5.75 Å². The largest absolute Gasteiger partial charge is 0.494 e. The van der Waals surface area contributed by atoms with Gasteiger partial charge in [-0.2, -0.15) is 0 Å². The second-order valence-electron chi connectivity index (χ2n) is 4.40. The molecule has 0 fully saturated rings. The Morgan fingerprint density at radius 1 is 1.21 bits per heavy atom. The van der Waals surface area contributed by atoms with Crippen molar-refractivity contribution >= 4 is 0 Å². The molecule has 0 spiro atoms. The highest BCUT2D eigenvalue weighted by Crippen LogP contribution is 2.30. The Hall–Kier alpha value is -1.87. The molecule has 0 aliphatic heterocycles. The van der Waals surface area contributed by atoms with E-state index in [1.165, 1.54) is 5.56 Å². The van der Waals surface area contributed by atoms with E-state index in [-0.39, 0.29) is 6.04 Å². The van der Waals surface area contributed by atoms with Gasteiger partial charge in [-0.05, 0) is 38.6 Å². The van der Waals surface area contributed by atoms with E-state index in [1.54, 1.807) is 0 Å². The molecule has 2 aromatic rings. The summed E-state index contributed by atoms with van der Waals surface area (Å²) in [6, 6.07) is 12.2. The van der Waals surface area contributed by atoms with Gasteiger partial charge < -0.3 is 10.1 Å². The van der Waals surface area contributed by atoms with Gasteiger partial charge in [0.15, 0.2) is 0 Å². The van der Waals surface area contributed by atoms with Crippen molar-refractivity contribution in [1.29, 1.82) is 0 Å². The number of rotatable bonds is 5. The highest BCUT2D eigenvalue weighted by atomic mass is 16.5. The highest BCUT2D eigenvalue weighted by Gasteiger charge is 2.18. The topological polar surface area (TPSA) is 34.1 Å². The standard InChI is InChI=1S/C16H20N2O/c1-4-19-14-10-6-5-9-13(14)16(17-3)15-12(2)8-7-11-18-15/h5-11,16-17H,4H2,1-3H3. The molecule has 1 unspecified atom stereocenters. The molecule has 0 saturated heterocycles. The first-order valence-electron chi connectivity index (χ1n) is 6.58. The van der Waals surface area contributed by atoms with Gasteiger partial charge in [-0.1, -0.05) is 24.3 Å². The van der Waals surface area contributed by atoms with Gasteiger partial charge in [0.2, 0.25) is 0 Å². The summed E-state index contributed by atoms with van der Waals surface area (Å²) >= 11 is 0. The molecule has 3 nitrogen and oxygen atoms in total. The fourth-order valence-corrected chi connectivity index (χ4v) is 2.25.